The van der Waals surface area contributed by atoms with Crippen molar-refractivity contribution < 1.29 is 9.53 Å². The maximum absolute atomic E-state index is 11.6. The van der Waals surface area contributed by atoms with Gasteiger partial charge < -0.3 is 10.1 Å². The predicted molar refractivity (Wildman–Crippen MR) is 54.7 cm³/mol. The second kappa shape index (κ2) is 4.09. The van der Waals surface area contributed by atoms with E-state index in [0.29, 0.717) is 5.57 Å². The fourth-order valence-corrected chi connectivity index (χ4v) is 0.884. The van der Waals surface area contributed by atoms with Crippen LogP contribution in [0.15, 0.2) is 29.1 Å². The number of carbonyl (C=O) groups is 1. The van der Waals surface area contributed by atoms with Gasteiger partial charge in [-0.15, -0.1) is 0 Å². The summed E-state index contributed by atoms with van der Waals surface area (Å²) in [6.45, 7) is 5.77. The normalized spacial score (nSPS) is 15.5. The molecule has 4 heteroatoms. The van der Waals surface area contributed by atoms with Crippen LogP contribution in [-0.4, -0.2) is 17.8 Å². The molecule has 0 aromatic heterocycles. The molecule has 0 spiro atoms. The van der Waals surface area contributed by atoms with Gasteiger partial charge in [-0.05, 0) is 26.8 Å². The van der Waals surface area contributed by atoms with Crippen molar-refractivity contribution in [2.24, 2.45) is 4.99 Å². The Morgan fingerprint density at radius 1 is 1.50 bits per heavy atom. The van der Waals surface area contributed by atoms with Gasteiger partial charge in [-0.3, -0.25) is 4.79 Å². The Kier molecular flexibility index (Phi) is 3.06. The molecule has 0 fully saturated rings. The molecule has 0 bridgehead atoms. The molecule has 4 nitrogen and oxygen atoms in total. The van der Waals surface area contributed by atoms with Gasteiger partial charge in [-0.1, -0.05) is 0 Å². The summed E-state index contributed by atoms with van der Waals surface area (Å²) in [5.41, 5.74) is 0.233. The highest BCUT2D eigenvalue weighted by molar-refractivity contribution is 5.96. The molecule has 0 aliphatic carbocycles. The quantitative estimate of drug-likeness (QED) is 0.685. The Morgan fingerprint density at radius 2 is 2.21 bits per heavy atom. The summed E-state index contributed by atoms with van der Waals surface area (Å²) in [6.07, 6.45) is 5.73. The Hall–Kier alpha value is -1.58. The third kappa shape index (κ3) is 3.43. The molecule has 1 aliphatic heterocycles. The van der Waals surface area contributed by atoms with E-state index in [-0.39, 0.29) is 11.4 Å². The molecule has 76 valence electrons. The van der Waals surface area contributed by atoms with Gasteiger partial charge in [0.25, 0.3) is 5.91 Å². The van der Waals surface area contributed by atoms with Crippen LogP contribution in [0, 0.1) is 0 Å². The van der Waals surface area contributed by atoms with E-state index < -0.39 is 0 Å². The fraction of sp³-hybridized carbons (Fsp3) is 0.400. The number of rotatable bonds is 1. The standard InChI is InChI=1S/C10H14N2O2/c1-10(2,3)12-9(13)8-4-5-14-7-11-6-8/h4-7H,1-3H3,(H,12,13). The van der Waals surface area contributed by atoms with E-state index in [1.807, 2.05) is 20.8 Å². The van der Waals surface area contributed by atoms with Gasteiger partial charge >= 0.3 is 0 Å². The first kappa shape index (κ1) is 10.5. The Morgan fingerprint density at radius 3 is 2.86 bits per heavy atom. The number of aliphatic imine (C=N–C) groups is 1. The van der Waals surface area contributed by atoms with E-state index in [2.05, 4.69) is 10.3 Å². The lowest BCUT2D eigenvalue weighted by atomic mass is 10.1. The Labute approximate surface area is 83.4 Å². The van der Waals surface area contributed by atoms with Crippen LogP contribution in [0.5, 0.6) is 0 Å². The van der Waals surface area contributed by atoms with Crippen LogP contribution in [0.2, 0.25) is 0 Å². The van der Waals surface area contributed by atoms with Crippen LogP contribution in [0.3, 0.4) is 0 Å². The average Bonchev–Trinajstić information content (AvgIpc) is 2.27. The first-order valence-corrected chi connectivity index (χ1v) is 4.35. The maximum atomic E-state index is 11.6. The lowest BCUT2D eigenvalue weighted by Crippen LogP contribution is -2.41. The fourth-order valence-electron chi connectivity index (χ4n) is 0.884. The summed E-state index contributed by atoms with van der Waals surface area (Å²) in [6, 6.07) is 0. The molecular weight excluding hydrogens is 180 g/mol. The number of amides is 1. The minimum atomic E-state index is -0.247. The molecule has 0 radical (unpaired) electrons. The zero-order valence-electron chi connectivity index (χ0n) is 8.57. The Balaban J connectivity index is 2.69. The van der Waals surface area contributed by atoms with Crippen LogP contribution in [0.25, 0.3) is 0 Å². The highest BCUT2D eigenvalue weighted by Crippen LogP contribution is 2.05. The van der Waals surface area contributed by atoms with Crippen molar-refractivity contribution in [3.05, 3.63) is 24.1 Å². The maximum Gasteiger partial charge on any atom is 0.253 e. The topological polar surface area (TPSA) is 50.7 Å². The summed E-state index contributed by atoms with van der Waals surface area (Å²) in [5.74, 6) is -0.156. The summed E-state index contributed by atoms with van der Waals surface area (Å²) in [7, 11) is 0. The van der Waals surface area contributed by atoms with Crippen molar-refractivity contribution in [3.8, 4) is 0 Å². The van der Waals surface area contributed by atoms with E-state index in [4.69, 9.17) is 4.74 Å². The molecule has 1 amide bonds. The molecule has 0 saturated carbocycles. The van der Waals surface area contributed by atoms with Gasteiger partial charge in [-0.25, -0.2) is 4.99 Å². The van der Waals surface area contributed by atoms with Gasteiger partial charge in [0.2, 0.25) is 0 Å². The Bertz CT molecular complexity index is 309. The summed E-state index contributed by atoms with van der Waals surface area (Å²) in [5, 5.41) is 2.83. The van der Waals surface area contributed by atoms with Crippen molar-refractivity contribution in [3.63, 3.8) is 0 Å². The third-order valence-electron chi connectivity index (χ3n) is 1.41. The molecule has 0 unspecified atom stereocenters. The highest BCUT2D eigenvalue weighted by Gasteiger charge is 2.15. The van der Waals surface area contributed by atoms with E-state index >= 15 is 0 Å². The zero-order chi connectivity index (χ0) is 10.6. The second-order valence-electron chi connectivity index (χ2n) is 3.98. The van der Waals surface area contributed by atoms with Gasteiger partial charge in [0.05, 0.1) is 11.8 Å². The number of hydrogen-bond donors (Lipinski definition) is 1. The molecule has 0 aromatic carbocycles. The SMILES string of the molecule is CC(C)(C)NC(=O)C1=CN=COC=C1. The number of carbonyl (C=O) groups excluding carboxylic acids is 1. The van der Waals surface area contributed by atoms with Crippen LogP contribution >= 0.6 is 0 Å². The molecule has 0 saturated heterocycles. The largest absolute Gasteiger partial charge is 0.453 e. The summed E-state index contributed by atoms with van der Waals surface area (Å²) < 4.78 is 4.80. The van der Waals surface area contributed by atoms with E-state index in [1.54, 1.807) is 6.08 Å². The van der Waals surface area contributed by atoms with Gasteiger partial charge in [0, 0.05) is 11.7 Å². The molecule has 1 heterocycles. The van der Waals surface area contributed by atoms with E-state index in [0.717, 1.165) is 0 Å². The average molecular weight is 194 g/mol. The van der Waals surface area contributed by atoms with Crippen molar-refractivity contribution in [1.29, 1.82) is 0 Å². The molecule has 0 atom stereocenters. The summed E-state index contributed by atoms with van der Waals surface area (Å²) >= 11 is 0. The number of nitrogens with zero attached hydrogens (tertiary/aromatic N) is 1. The zero-order valence-corrected chi connectivity index (χ0v) is 8.57. The van der Waals surface area contributed by atoms with Crippen molar-refractivity contribution in [1.82, 2.24) is 5.32 Å². The van der Waals surface area contributed by atoms with E-state index in [9.17, 15) is 4.79 Å². The van der Waals surface area contributed by atoms with Crippen LogP contribution in [0.1, 0.15) is 20.8 Å². The molecular formula is C10H14N2O2. The monoisotopic (exact) mass is 194 g/mol. The summed E-state index contributed by atoms with van der Waals surface area (Å²) in [4.78, 5) is 15.4. The molecule has 14 heavy (non-hydrogen) atoms. The lowest BCUT2D eigenvalue weighted by Gasteiger charge is -2.20. The number of ether oxygens (including phenoxy) is 1. The highest BCUT2D eigenvalue weighted by atomic mass is 16.5. The van der Waals surface area contributed by atoms with Crippen LogP contribution in [-0.2, 0) is 9.53 Å². The van der Waals surface area contributed by atoms with Gasteiger partial charge in [-0.2, -0.15) is 0 Å². The lowest BCUT2D eigenvalue weighted by molar-refractivity contribution is -0.118. The van der Waals surface area contributed by atoms with Crippen LogP contribution < -0.4 is 5.32 Å². The third-order valence-corrected chi connectivity index (χ3v) is 1.41. The molecule has 1 N–H and O–H groups in total. The predicted octanol–water partition coefficient (Wildman–Crippen LogP) is 1.36. The second-order valence-corrected chi connectivity index (χ2v) is 3.98. The number of hydrogen-bond acceptors (Lipinski definition) is 3. The van der Waals surface area contributed by atoms with Crippen molar-refractivity contribution in [2.75, 3.05) is 0 Å². The molecule has 0 aromatic rings. The van der Waals surface area contributed by atoms with Gasteiger partial charge in [0.15, 0.2) is 6.40 Å². The van der Waals surface area contributed by atoms with Crippen molar-refractivity contribution in [2.45, 2.75) is 26.3 Å². The minimum absolute atomic E-state index is 0.156. The molecule has 1 rings (SSSR count). The smallest absolute Gasteiger partial charge is 0.253 e. The molecule has 1 aliphatic rings. The van der Waals surface area contributed by atoms with Crippen molar-refractivity contribution >= 4 is 12.3 Å². The van der Waals surface area contributed by atoms with Gasteiger partial charge in [0.1, 0.15) is 0 Å². The van der Waals surface area contributed by atoms with Crippen LogP contribution in [0.4, 0.5) is 0 Å². The minimum Gasteiger partial charge on any atom is -0.453 e. The first-order valence-electron chi connectivity index (χ1n) is 4.35. The number of nitrogens with one attached hydrogen (secondary N) is 1. The first-order chi connectivity index (χ1) is 6.49. The van der Waals surface area contributed by atoms with E-state index in [1.165, 1.54) is 18.9 Å².